The number of carbonyl (C=O) groups is 1. The number of fused-ring (bicyclic) bond motifs is 1. The molecule has 156 valence electrons. The Morgan fingerprint density at radius 3 is 2.48 bits per heavy atom. The fourth-order valence-corrected chi connectivity index (χ4v) is 4.58. The fraction of sp³-hybridized carbons (Fsp3) is 0.259. The molecule has 31 heavy (non-hydrogen) atoms. The summed E-state index contributed by atoms with van der Waals surface area (Å²) < 4.78 is 2.34. The standard InChI is InChI=1S/C27H27N3O/c1-20-13-15-23(16-14-20)30-19-22(18-26(30)31)27-28-24-11-5-6-12-25(24)29(27)17-7-10-21-8-3-2-4-9-21/h2-6,8-9,11-16,22H,7,10,17-19H2,1H3/t22-/m1/s1. The Morgan fingerprint density at radius 2 is 1.68 bits per heavy atom. The van der Waals surface area contributed by atoms with E-state index in [0.29, 0.717) is 13.0 Å². The average Bonchev–Trinajstić information content (AvgIpc) is 3.36. The van der Waals surface area contributed by atoms with Gasteiger partial charge in [0.25, 0.3) is 0 Å². The van der Waals surface area contributed by atoms with Crippen LogP contribution in [0.3, 0.4) is 0 Å². The zero-order valence-corrected chi connectivity index (χ0v) is 17.9. The third-order valence-electron chi connectivity index (χ3n) is 6.21. The molecule has 0 radical (unpaired) electrons. The van der Waals surface area contributed by atoms with E-state index in [1.807, 2.05) is 23.1 Å². The van der Waals surface area contributed by atoms with Gasteiger partial charge < -0.3 is 9.47 Å². The number of imidazole rings is 1. The molecule has 1 saturated heterocycles. The van der Waals surface area contributed by atoms with Crippen LogP contribution in [0.5, 0.6) is 0 Å². The first-order valence-corrected chi connectivity index (χ1v) is 11.0. The Morgan fingerprint density at radius 1 is 0.935 bits per heavy atom. The lowest BCUT2D eigenvalue weighted by atomic mass is 10.1. The van der Waals surface area contributed by atoms with Crippen LogP contribution in [-0.2, 0) is 17.8 Å². The van der Waals surface area contributed by atoms with Crippen molar-refractivity contribution < 1.29 is 4.79 Å². The number of benzene rings is 3. The molecule has 4 heteroatoms. The highest BCUT2D eigenvalue weighted by molar-refractivity contribution is 5.96. The molecule has 4 nitrogen and oxygen atoms in total. The number of nitrogens with zero attached hydrogens (tertiary/aromatic N) is 3. The maximum atomic E-state index is 12.9. The van der Waals surface area contributed by atoms with Gasteiger partial charge in [-0.25, -0.2) is 4.98 Å². The van der Waals surface area contributed by atoms with Gasteiger partial charge in [0.2, 0.25) is 5.91 Å². The zero-order chi connectivity index (χ0) is 21.2. The van der Waals surface area contributed by atoms with Crippen LogP contribution >= 0.6 is 0 Å². The van der Waals surface area contributed by atoms with Crippen LogP contribution < -0.4 is 4.90 Å². The van der Waals surface area contributed by atoms with Crippen molar-refractivity contribution in [2.24, 2.45) is 0 Å². The number of carbonyl (C=O) groups excluding carboxylic acids is 1. The van der Waals surface area contributed by atoms with Crippen LogP contribution in [0, 0.1) is 6.92 Å². The van der Waals surface area contributed by atoms with Crippen molar-refractivity contribution >= 4 is 22.6 Å². The summed E-state index contributed by atoms with van der Waals surface area (Å²) >= 11 is 0. The smallest absolute Gasteiger partial charge is 0.227 e. The Hall–Kier alpha value is -3.40. The van der Waals surface area contributed by atoms with Crippen molar-refractivity contribution in [3.63, 3.8) is 0 Å². The quantitative estimate of drug-likeness (QED) is 0.422. The van der Waals surface area contributed by atoms with Gasteiger partial charge in [-0.1, -0.05) is 60.2 Å². The average molecular weight is 410 g/mol. The molecule has 0 spiro atoms. The van der Waals surface area contributed by atoms with E-state index in [9.17, 15) is 4.79 Å². The molecule has 1 fully saturated rings. The van der Waals surface area contributed by atoms with E-state index < -0.39 is 0 Å². The van der Waals surface area contributed by atoms with Gasteiger partial charge in [0.05, 0.1) is 11.0 Å². The van der Waals surface area contributed by atoms with E-state index in [1.54, 1.807) is 0 Å². The molecule has 0 bridgehead atoms. The third-order valence-corrected chi connectivity index (χ3v) is 6.21. The summed E-state index contributed by atoms with van der Waals surface area (Å²) in [5.74, 6) is 1.33. The number of hydrogen-bond acceptors (Lipinski definition) is 2. The molecule has 1 aliphatic rings. The van der Waals surface area contributed by atoms with E-state index in [-0.39, 0.29) is 11.8 Å². The first-order chi connectivity index (χ1) is 15.2. The molecule has 0 N–H and O–H groups in total. The largest absolute Gasteiger partial charge is 0.328 e. The highest BCUT2D eigenvalue weighted by atomic mass is 16.2. The van der Waals surface area contributed by atoms with E-state index in [2.05, 4.69) is 72.2 Å². The molecule has 5 rings (SSSR count). The summed E-state index contributed by atoms with van der Waals surface area (Å²) in [6.45, 7) is 3.65. The van der Waals surface area contributed by atoms with Crippen molar-refractivity contribution in [2.45, 2.75) is 38.6 Å². The molecule has 0 saturated carbocycles. The molecule has 4 aromatic rings. The maximum Gasteiger partial charge on any atom is 0.227 e. The minimum atomic E-state index is 0.109. The highest BCUT2D eigenvalue weighted by Crippen LogP contribution is 2.33. The van der Waals surface area contributed by atoms with E-state index in [4.69, 9.17) is 4.98 Å². The lowest BCUT2D eigenvalue weighted by Crippen LogP contribution is -2.24. The second-order valence-electron chi connectivity index (χ2n) is 8.44. The van der Waals surface area contributed by atoms with Crippen LogP contribution in [0.15, 0.2) is 78.9 Å². The molecular formula is C27H27N3O. The van der Waals surface area contributed by atoms with Crippen LogP contribution in [0.2, 0.25) is 0 Å². The minimum Gasteiger partial charge on any atom is -0.328 e. The number of anilines is 1. The second-order valence-corrected chi connectivity index (χ2v) is 8.44. The van der Waals surface area contributed by atoms with Gasteiger partial charge in [-0.3, -0.25) is 4.79 Å². The van der Waals surface area contributed by atoms with Crippen molar-refractivity contribution in [3.8, 4) is 0 Å². The van der Waals surface area contributed by atoms with E-state index in [1.165, 1.54) is 11.1 Å². The van der Waals surface area contributed by atoms with E-state index >= 15 is 0 Å². The number of para-hydroxylation sites is 2. The lowest BCUT2D eigenvalue weighted by Gasteiger charge is -2.17. The lowest BCUT2D eigenvalue weighted by molar-refractivity contribution is -0.117. The summed E-state index contributed by atoms with van der Waals surface area (Å²) in [7, 11) is 0. The van der Waals surface area contributed by atoms with Crippen LogP contribution in [0.4, 0.5) is 5.69 Å². The Bertz CT molecular complexity index is 1190. The summed E-state index contributed by atoms with van der Waals surface area (Å²) in [5.41, 5.74) is 5.71. The van der Waals surface area contributed by atoms with Gasteiger partial charge in [-0.05, 0) is 49.6 Å². The van der Waals surface area contributed by atoms with Crippen LogP contribution in [0.1, 0.15) is 35.7 Å². The highest BCUT2D eigenvalue weighted by Gasteiger charge is 2.34. The Kier molecular flexibility index (Phi) is 5.29. The molecule has 1 atom stereocenters. The first kappa shape index (κ1) is 19.6. The molecule has 3 aromatic carbocycles. The maximum absolute atomic E-state index is 12.9. The topological polar surface area (TPSA) is 38.1 Å². The summed E-state index contributed by atoms with van der Waals surface area (Å²) in [6, 6.07) is 27.1. The number of aromatic nitrogens is 2. The van der Waals surface area contributed by atoms with Crippen LogP contribution in [0.25, 0.3) is 11.0 Å². The molecule has 2 heterocycles. The molecular weight excluding hydrogens is 382 g/mol. The van der Waals surface area contributed by atoms with Crippen molar-refractivity contribution in [1.29, 1.82) is 0 Å². The molecule has 0 unspecified atom stereocenters. The van der Waals surface area contributed by atoms with Gasteiger partial charge >= 0.3 is 0 Å². The second kappa shape index (κ2) is 8.38. The zero-order valence-electron chi connectivity index (χ0n) is 17.9. The third kappa shape index (κ3) is 3.98. The van der Waals surface area contributed by atoms with Crippen molar-refractivity contribution in [3.05, 3.63) is 95.8 Å². The predicted molar refractivity (Wildman–Crippen MR) is 125 cm³/mol. The first-order valence-electron chi connectivity index (χ1n) is 11.0. The van der Waals surface area contributed by atoms with Gasteiger partial charge in [0, 0.05) is 31.1 Å². The number of amides is 1. The Balaban J connectivity index is 1.40. The monoisotopic (exact) mass is 409 g/mol. The summed E-state index contributed by atoms with van der Waals surface area (Å²) in [6.07, 6.45) is 2.58. The SMILES string of the molecule is Cc1ccc(N2C[C@H](c3nc4ccccc4n3CCCc3ccccc3)CC2=O)cc1. The summed E-state index contributed by atoms with van der Waals surface area (Å²) in [5, 5.41) is 0. The number of aryl methyl sites for hydroxylation is 3. The predicted octanol–water partition coefficient (Wildman–Crippen LogP) is 5.50. The van der Waals surface area contributed by atoms with Gasteiger partial charge in [0.15, 0.2) is 0 Å². The number of rotatable bonds is 6. The molecule has 1 amide bonds. The fourth-order valence-electron chi connectivity index (χ4n) is 4.58. The van der Waals surface area contributed by atoms with Gasteiger partial charge in [-0.15, -0.1) is 0 Å². The van der Waals surface area contributed by atoms with E-state index in [0.717, 1.165) is 41.9 Å². The minimum absolute atomic E-state index is 0.109. The molecule has 1 aliphatic heterocycles. The van der Waals surface area contributed by atoms with Gasteiger partial charge in [0.1, 0.15) is 5.82 Å². The normalized spacial score (nSPS) is 16.4. The van der Waals surface area contributed by atoms with Crippen LogP contribution in [-0.4, -0.2) is 22.0 Å². The Labute approximate surface area is 183 Å². The molecule has 1 aromatic heterocycles. The molecule has 0 aliphatic carbocycles. The van der Waals surface area contributed by atoms with Crippen molar-refractivity contribution in [1.82, 2.24) is 9.55 Å². The summed E-state index contributed by atoms with van der Waals surface area (Å²) in [4.78, 5) is 19.8. The van der Waals surface area contributed by atoms with Gasteiger partial charge in [-0.2, -0.15) is 0 Å². The van der Waals surface area contributed by atoms with Crippen molar-refractivity contribution in [2.75, 3.05) is 11.4 Å². The number of hydrogen-bond donors (Lipinski definition) is 0.